The lowest BCUT2D eigenvalue weighted by Gasteiger charge is -2.46. The van der Waals surface area contributed by atoms with Crippen LogP contribution in [0.3, 0.4) is 0 Å². The lowest BCUT2D eigenvalue weighted by molar-refractivity contribution is -0.137. The highest BCUT2D eigenvalue weighted by Crippen LogP contribution is 2.37. The van der Waals surface area contributed by atoms with Crippen LogP contribution in [0.2, 0.25) is 0 Å². The van der Waals surface area contributed by atoms with E-state index in [2.05, 4.69) is 4.98 Å². The number of nitrogens with zero attached hydrogens (tertiary/aromatic N) is 3. The fourth-order valence-electron chi connectivity index (χ4n) is 3.60. The highest BCUT2D eigenvalue weighted by Gasteiger charge is 2.43. The first kappa shape index (κ1) is 21.5. The molecule has 158 valence electrons. The first-order chi connectivity index (χ1) is 13.4. The fourth-order valence-corrected chi connectivity index (χ4v) is 5.55. The molecule has 0 bridgehead atoms. The minimum Gasteiger partial charge on any atom is -0.353 e. The quantitative estimate of drug-likeness (QED) is 0.694. The number of pyridine rings is 1. The van der Waals surface area contributed by atoms with Crippen molar-refractivity contribution in [1.29, 1.82) is 0 Å². The lowest BCUT2D eigenvalue weighted by Crippen LogP contribution is -2.61. The number of aromatic nitrogens is 1. The number of piperazine rings is 1. The Morgan fingerprint density at radius 3 is 2.41 bits per heavy atom. The maximum absolute atomic E-state index is 13.9. The van der Waals surface area contributed by atoms with E-state index in [0.29, 0.717) is 0 Å². The van der Waals surface area contributed by atoms with E-state index in [-0.39, 0.29) is 31.0 Å². The number of hydrogen-bond acceptors (Lipinski definition) is 4. The van der Waals surface area contributed by atoms with Gasteiger partial charge in [0.05, 0.1) is 11.3 Å². The predicted octanol–water partition coefficient (Wildman–Crippen LogP) is 3.67. The number of anilines is 1. The SMILES string of the molecule is CC1(C)CN(c2ncccc2C(F)(F)F)CCN1S(=O)(=O)Cc1ccccc1F. The summed E-state index contributed by atoms with van der Waals surface area (Å²) in [5, 5.41) is 0. The Morgan fingerprint density at radius 1 is 1.10 bits per heavy atom. The first-order valence-corrected chi connectivity index (χ1v) is 10.5. The summed E-state index contributed by atoms with van der Waals surface area (Å²) in [6.07, 6.45) is -3.29. The van der Waals surface area contributed by atoms with Gasteiger partial charge in [0.15, 0.2) is 0 Å². The van der Waals surface area contributed by atoms with Crippen molar-refractivity contribution in [3.8, 4) is 0 Å². The highest BCUT2D eigenvalue weighted by atomic mass is 32.2. The fraction of sp³-hybridized carbons (Fsp3) is 0.421. The summed E-state index contributed by atoms with van der Waals surface area (Å²) in [7, 11) is -3.89. The van der Waals surface area contributed by atoms with Crippen molar-refractivity contribution in [3.05, 3.63) is 59.5 Å². The second kappa shape index (κ2) is 7.56. The standard InChI is InChI=1S/C19H21F4N3O2S/c1-18(2)13-25(17-15(19(21,22)23)7-5-9-24-17)10-11-26(18)29(27,28)12-14-6-3-4-8-16(14)20/h3-9H,10-13H2,1-2H3. The Balaban J connectivity index is 1.85. The molecular weight excluding hydrogens is 410 g/mol. The van der Waals surface area contributed by atoms with Gasteiger partial charge < -0.3 is 4.90 Å². The second-order valence-electron chi connectivity index (χ2n) is 7.53. The van der Waals surface area contributed by atoms with Gasteiger partial charge in [-0.05, 0) is 32.0 Å². The molecule has 5 nitrogen and oxygen atoms in total. The third-order valence-corrected chi connectivity index (χ3v) is 6.87. The Kier molecular flexibility index (Phi) is 5.61. The van der Waals surface area contributed by atoms with Gasteiger partial charge >= 0.3 is 6.18 Å². The molecule has 29 heavy (non-hydrogen) atoms. The highest BCUT2D eigenvalue weighted by molar-refractivity contribution is 7.88. The zero-order valence-corrected chi connectivity index (χ0v) is 16.8. The summed E-state index contributed by atoms with van der Waals surface area (Å²) in [5.74, 6) is -1.35. The zero-order chi connectivity index (χ0) is 21.4. The topological polar surface area (TPSA) is 53.5 Å². The zero-order valence-electron chi connectivity index (χ0n) is 15.9. The first-order valence-electron chi connectivity index (χ1n) is 8.93. The third-order valence-electron chi connectivity index (χ3n) is 4.85. The number of halogens is 4. The minimum absolute atomic E-state index is 0.0175. The molecule has 0 aliphatic carbocycles. The second-order valence-corrected chi connectivity index (χ2v) is 9.42. The molecule has 1 aromatic heterocycles. The minimum atomic E-state index is -4.57. The molecule has 1 saturated heterocycles. The smallest absolute Gasteiger partial charge is 0.353 e. The monoisotopic (exact) mass is 431 g/mol. The average Bonchev–Trinajstić information content (AvgIpc) is 2.61. The number of alkyl halides is 3. The van der Waals surface area contributed by atoms with E-state index in [4.69, 9.17) is 0 Å². The van der Waals surface area contributed by atoms with Crippen molar-refractivity contribution in [2.45, 2.75) is 31.3 Å². The van der Waals surface area contributed by atoms with Crippen molar-refractivity contribution in [1.82, 2.24) is 9.29 Å². The molecule has 0 N–H and O–H groups in total. The molecule has 0 saturated carbocycles. The van der Waals surface area contributed by atoms with Gasteiger partial charge in [-0.15, -0.1) is 0 Å². The van der Waals surface area contributed by atoms with Crippen LogP contribution in [0.4, 0.5) is 23.4 Å². The molecule has 1 aromatic carbocycles. The average molecular weight is 431 g/mol. The Labute approximate surface area is 167 Å². The molecule has 0 radical (unpaired) electrons. The van der Waals surface area contributed by atoms with E-state index in [1.165, 1.54) is 39.7 Å². The Hall–Kier alpha value is -2.20. The molecule has 2 aromatic rings. The van der Waals surface area contributed by atoms with Crippen LogP contribution in [-0.4, -0.2) is 42.9 Å². The van der Waals surface area contributed by atoms with Gasteiger partial charge in [0.25, 0.3) is 0 Å². The van der Waals surface area contributed by atoms with Crippen molar-refractivity contribution in [3.63, 3.8) is 0 Å². The third kappa shape index (κ3) is 4.53. The molecule has 0 atom stereocenters. The predicted molar refractivity (Wildman–Crippen MR) is 101 cm³/mol. The summed E-state index contributed by atoms with van der Waals surface area (Å²) in [6, 6.07) is 7.78. The van der Waals surface area contributed by atoms with E-state index in [9.17, 15) is 26.0 Å². The van der Waals surface area contributed by atoms with Crippen LogP contribution in [0.5, 0.6) is 0 Å². The van der Waals surface area contributed by atoms with Crippen LogP contribution < -0.4 is 4.90 Å². The molecule has 3 rings (SSSR count). The molecule has 1 aliphatic heterocycles. The van der Waals surface area contributed by atoms with E-state index in [1.54, 1.807) is 19.9 Å². The maximum Gasteiger partial charge on any atom is 0.419 e. The van der Waals surface area contributed by atoms with Gasteiger partial charge in [0.1, 0.15) is 11.6 Å². The van der Waals surface area contributed by atoms with E-state index in [1.807, 2.05) is 0 Å². The van der Waals surface area contributed by atoms with Crippen LogP contribution in [-0.2, 0) is 22.0 Å². The van der Waals surface area contributed by atoms with Crippen molar-refractivity contribution in [2.24, 2.45) is 0 Å². The van der Waals surface area contributed by atoms with E-state index in [0.717, 1.165) is 6.07 Å². The molecule has 0 spiro atoms. The Bertz CT molecular complexity index is 993. The molecule has 2 heterocycles. The Morgan fingerprint density at radius 2 is 1.79 bits per heavy atom. The van der Waals surface area contributed by atoms with Gasteiger partial charge in [0, 0.05) is 36.9 Å². The van der Waals surface area contributed by atoms with Crippen LogP contribution in [0, 0.1) is 5.82 Å². The maximum atomic E-state index is 13.9. The molecule has 1 aliphatic rings. The van der Waals surface area contributed by atoms with Gasteiger partial charge in [-0.3, -0.25) is 0 Å². The number of benzene rings is 1. The normalized spacial score (nSPS) is 18.1. The molecular formula is C19H21F4N3O2S. The van der Waals surface area contributed by atoms with Crippen LogP contribution in [0.25, 0.3) is 0 Å². The van der Waals surface area contributed by atoms with Gasteiger partial charge in [0.2, 0.25) is 10.0 Å². The largest absolute Gasteiger partial charge is 0.419 e. The number of hydrogen-bond donors (Lipinski definition) is 0. The summed E-state index contributed by atoms with van der Waals surface area (Å²) in [5.41, 5.74) is -1.82. The van der Waals surface area contributed by atoms with E-state index < -0.39 is 38.9 Å². The molecule has 10 heteroatoms. The van der Waals surface area contributed by atoms with E-state index >= 15 is 0 Å². The summed E-state index contributed by atoms with van der Waals surface area (Å²) >= 11 is 0. The molecule has 1 fully saturated rings. The van der Waals surface area contributed by atoms with Crippen LogP contribution in [0.15, 0.2) is 42.6 Å². The van der Waals surface area contributed by atoms with Gasteiger partial charge in [-0.1, -0.05) is 18.2 Å². The lowest BCUT2D eigenvalue weighted by atomic mass is 10.0. The molecule has 0 amide bonds. The summed E-state index contributed by atoms with van der Waals surface area (Å²) in [6.45, 7) is 3.30. The van der Waals surface area contributed by atoms with Crippen molar-refractivity contribution >= 4 is 15.8 Å². The van der Waals surface area contributed by atoms with Crippen LogP contribution in [0.1, 0.15) is 25.0 Å². The summed E-state index contributed by atoms with van der Waals surface area (Å²) < 4.78 is 81.0. The van der Waals surface area contributed by atoms with Crippen molar-refractivity contribution < 1.29 is 26.0 Å². The molecule has 0 unspecified atom stereocenters. The van der Waals surface area contributed by atoms with Crippen molar-refractivity contribution in [2.75, 3.05) is 24.5 Å². The summed E-state index contributed by atoms with van der Waals surface area (Å²) in [4.78, 5) is 5.33. The van der Waals surface area contributed by atoms with Gasteiger partial charge in [-0.2, -0.15) is 17.5 Å². The van der Waals surface area contributed by atoms with Gasteiger partial charge in [-0.25, -0.2) is 17.8 Å². The number of rotatable bonds is 4. The van der Waals surface area contributed by atoms with Crippen LogP contribution >= 0.6 is 0 Å². The number of sulfonamides is 1.